The Labute approximate surface area is 187 Å². The van der Waals surface area contributed by atoms with E-state index < -0.39 is 33.4 Å². The molecule has 0 spiro atoms. The van der Waals surface area contributed by atoms with Crippen LogP contribution in [0.2, 0.25) is 0 Å². The third kappa shape index (κ3) is 4.83. The number of benzene rings is 1. The molecule has 2 heterocycles. The second-order valence-corrected chi connectivity index (χ2v) is 11.2. The van der Waals surface area contributed by atoms with Gasteiger partial charge >= 0.3 is 0 Å². The van der Waals surface area contributed by atoms with Crippen molar-refractivity contribution in [2.45, 2.75) is 50.3 Å². The van der Waals surface area contributed by atoms with E-state index in [9.17, 15) is 23.1 Å². The van der Waals surface area contributed by atoms with E-state index in [1.54, 1.807) is 18.3 Å². The van der Waals surface area contributed by atoms with E-state index >= 15 is 0 Å². The molecule has 2 unspecified atom stereocenters. The Morgan fingerprint density at radius 3 is 2.56 bits per heavy atom. The van der Waals surface area contributed by atoms with Crippen molar-refractivity contribution >= 4 is 21.7 Å². The average Bonchev–Trinajstić information content (AvgIpc) is 3.33. The van der Waals surface area contributed by atoms with Crippen LogP contribution in [0.3, 0.4) is 0 Å². The number of aromatic nitrogens is 3. The van der Waals surface area contributed by atoms with E-state index in [0.29, 0.717) is 11.3 Å². The maximum absolute atomic E-state index is 13.6. The number of hydrogen-bond donors (Lipinski definition) is 2. The Bertz CT molecular complexity index is 1120. The molecule has 1 saturated heterocycles. The van der Waals surface area contributed by atoms with Crippen molar-refractivity contribution in [2.24, 2.45) is 5.41 Å². The number of nitrogens with one attached hydrogen (secondary N) is 1. The molecule has 3 rings (SSSR count). The number of carbonyl (C=O) groups is 2. The lowest BCUT2D eigenvalue weighted by molar-refractivity contribution is -0.144. The van der Waals surface area contributed by atoms with E-state index in [1.165, 1.54) is 28.8 Å². The third-order valence-electron chi connectivity index (χ3n) is 5.50. The molecule has 10 nitrogen and oxygen atoms in total. The van der Waals surface area contributed by atoms with Gasteiger partial charge in [-0.05, 0) is 17.5 Å². The minimum atomic E-state index is -3.39. The van der Waals surface area contributed by atoms with Crippen LogP contribution in [0.4, 0.5) is 0 Å². The van der Waals surface area contributed by atoms with Crippen LogP contribution in [0.5, 0.6) is 0 Å². The fraction of sp³-hybridized carbons (Fsp3) is 0.524. The number of hydrogen-bond acceptors (Lipinski definition) is 7. The van der Waals surface area contributed by atoms with Crippen LogP contribution in [0.25, 0.3) is 11.3 Å². The fourth-order valence-corrected chi connectivity index (χ4v) is 4.60. The number of aliphatic hydroxyl groups is 1. The summed E-state index contributed by atoms with van der Waals surface area (Å²) in [5, 5.41) is 21.0. The first-order valence-corrected chi connectivity index (χ1v) is 12.1. The highest BCUT2D eigenvalue weighted by Gasteiger charge is 2.45. The van der Waals surface area contributed by atoms with Gasteiger partial charge < -0.3 is 15.3 Å². The highest BCUT2D eigenvalue weighted by atomic mass is 32.2. The number of amides is 2. The van der Waals surface area contributed by atoms with E-state index in [1.807, 2.05) is 20.8 Å². The summed E-state index contributed by atoms with van der Waals surface area (Å²) in [5.74, 6) is -0.677. The van der Waals surface area contributed by atoms with Gasteiger partial charge in [0.05, 0.1) is 17.2 Å². The molecule has 1 aliphatic heterocycles. The van der Waals surface area contributed by atoms with Crippen LogP contribution in [0.1, 0.15) is 33.2 Å². The summed E-state index contributed by atoms with van der Waals surface area (Å²) in [4.78, 5) is 27.4. The SMILES string of the molecule is CNC(=O)[C@H]1CC(O)CN1C(=O)C(n1cc(-c2cccc(S(C)(=O)=O)c2)nn1)C(C)(C)C. The largest absolute Gasteiger partial charge is 0.391 e. The maximum Gasteiger partial charge on any atom is 0.248 e. The first-order chi connectivity index (χ1) is 14.8. The highest BCUT2D eigenvalue weighted by molar-refractivity contribution is 7.90. The molecule has 0 saturated carbocycles. The van der Waals surface area contributed by atoms with Crippen molar-refractivity contribution in [3.05, 3.63) is 30.5 Å². The van der Waals surface area contributed by atoms with Crippen molar-refractivity contribution in [1.29, 1.82) is 0 Å². The van der Waals surface area contributed by atoms with Gasteiger partial charge in [-0.3, -0.25) is 9.59 Å². The zero-order chi connectivity index (χ0) is 23.8. The molecular weight excluding hydrogens is 434 g/mol. The van der Waals surface area contributed by atoms with Crippen molar-refractivity contribution < 1.29 is 23.1 Å². The average molecular weight is 464 g/mol. The second kappa shape index (κ2) is 8.62. The molecular formula is C21H29N5O5S. The Balaban J connectivity index is 1.98. The summed E-state index contributed by atoms with van der Waals surface area (Å²) < 4.78 is 25.2. The van der Waals surface area contributed by atoms with Crippen molar-refractivity contribution in [2.75, 3.05) is 19.8 Å². The summed E-state index contributed by atoms with van der Waals surface area (Å²) in [7, 11) is -1.90. The minimum Gasteiger partial charge on any atom is -0.391 e. The molecule has 1 aliphatic rings. The lowest BCUT2D eigenvalue weighted by Crippen LogP contribution is -2.49. The molecule has 2 amide bonds. The van der Waals surface area contributed by atoms with Gasteiger partial charge in [0.25, 0.3) is 0 Å². The predicted molar refractivity (Wildman–Crippen MR) is 117 cm³/mol. The molecule has 1 aromatic carbocycles. The Morgan fingerprint density at radius 1 is 1.28 bits per heavy atom. The number of likely N-dealkylation sites (N-methyl/N-ethyl adjacent to an activating group) is 1. The number of nitrogens with zero attached hydrogens (tertiary/aromatic N) is 4. The number of β-amino-alcohol motifs (C(OH)–C–C–N with tert-alkyl or cyclic N) is 1. The molecule has 174 valence electrons. The monoisotopic (exact) mass is 463 g/mol. The van der Waals surface area contributed by atoms with Gasteiger partial charge in [-0.1, -0.05) is 38.1 Å². The van der Waals surface area contributed by atoms with Crippen LogP contribution in [0.15, 0.2) is 35.4 Å². The molecule has 2 aromatic rings. The molecule has 3 atom stereocenters. The molecule has 1 aromatic heterocycles. The summed E-state index contributed by atoms with van der Waals surface area (Å²) in [6.45, 7) is 5.69. The van der Waals surface area contributed by atoms with E-state index in [-0.39, 0.29) is 29.7 Å². The molecule has 0 radical (unpaired) electrons. The summed E-state index contributed by atoms with van der Waals surface area (Å²) in [5.41, 5.74) is 0.387. The Morgan fingerprint density at radius 2 is 1.97 bits per heavy atom. The smallest absolute Gasteiger partial charge is 0.248 e. The van der Waals surface area contributed by atoms with Gasteiger partial charge in [-0.15, -0.1) is 5.10 Å². The number of aliphatic hydroxyl groups excluding tert-OH is 1. The van der Waals surface area contributed by atoms with Gasteiger partial charge in [0, 0.05) is 31.8 Å². The lowest BCUT2D eigenvalue weighted by Gasteiger charge is -2.34. The highest BCUT2D eigenvalue weighted by Crippen LogP contribution is 2.35. The summed E-state index contributed by atoms with van der Waals surface area (Å²) in [6.07, 6.45) is 2.11. The molecule has 1 fully saturated rings. The lowest BCUT2D eigenvalue weighted by atomic mass is 9.85. The number of carbonyl (C=O) groups excluding carboxylic acids is 2. The topological polar surface area (TPSA) is 134 Å². The maximum atomic E-state index is 13.6. The van der Waals surface area contributed by atoms with Crippen LogP contribution in [-0.2, 0) is 19.4 Å². The van der Waals surface area contributed by atoms with Crippen LogP contribution in [-0.4, -0.2) is 77.2 Å². The zero-order valence-electron chi connectivity index (χ0n) is 18.8. The standard InChI is InChI=1S/C21H29N5O5S/c1-21(2,3)18(20(29)25-11-14(27)10-17(25)19(28)22-4)26-12-16(23-24-26)13-7-6-8-15(9-13)32(5,30)31/h6-9,12,14,17-18,27H,10-11H2,1-5H3,(H,22,28)/t14?,17-,18?/m1/s1. The first-order valence-electron chi connectivity index (χ1n) is 10.3. The van der Waals surface area contributed by atoms with Crippen LogP contribution < -0.4 is 5.32 Å². The molecule has 0 bridgehead atoms. The first kappa shape index (κ1) is 23.9. The molecule has 0 aliphatic carbocycles. The van der Waals surface area contributed by atoms with Crippen LogP contribution >= 0.6 is 0 Å². The van der Waals surface area contributed by atoms with E-state index in [0.717, 1.165) is 6.26 Å². The van der Waals surface area contributed by atoms with Gasteiger partial charge in [0.2, 0.25) is 11.8 Å². The van der Waals surface area contributed by atoms with Gasteiger partial charge in [-0.25, -0.2) is 13.1 Å². The summed E-state index contributed by atoms with van der Waals surface area (Å²) >= 11 is 0. The number of likely N-dealkylation sites (tertiary alicyclic amines) is 1. The van der Waals surface area contributed by atoms with Crippen molar-refractivity contribution in [3.8, 4) is 11.3 Å². The quantitative estimate of drug-likeness (QED) is 0.664. The minimum absolute atomic E-state index is 0.0570. The Kier molecular flexibility index (Phi) is 6.43. The van der Waals surface area contributed by atoms with E-state index in [2.05, 4.69) is 15.6 Å². The molecule has 32 heavy (non-hydrogen) atoms. The predicted octanol–water partition coefficient (Wildman–Crippen LogP) is 0.644. The zero-order valence-corrected chi connectivity index (χ0v) is 19.6. The summed E-state index contributed by atoms with van der Waals surface area (Å²) in [6, 6.07) is 4.80. The van der Waals surface area contributed by atoms with Crippen molar-refractivity contribution in [3.63, 3.8) is 0 Å². The fourth-order valence-electron chi connectivity index (χ4n) is 3.93. The van der Waals surface area contributed by atoms with Crippen LogP contribution in [0, 0.1) is 5.41 Å². The van der Waals surface area contributed by atoms with Gasteiger partial charge in [0.15, 0.2) is 9.84 Å². The van der Waals surface area contributed by atoms with Crippen molar-refractivity contribution in [1.82, 2.24) is 25.2 Å². The Hall–Kier alpha value is -2.79. The van der Waals surface area contributed by atoms with Gasteiger partial charge in [0.1, 0.15) is 17.8 Å². The third-order valence-corrected chi connectivity index (χ3v) is 6.61. The number of sulfone groups is 1. The normalized spacial score (nSPS) is 20.2. The second-order valence-electron chi connectivity index (χ2n) is 9.16. The molecule has 11 heteroatoms. The van der Waals surface area contributed by atoms with Gasteiger partial charge in [-0.2, -0.15) is 0 Å². The molecule has 2 N–H and O–H groups in total. The number of rotatable bonds is 5. The van der Waals surface area contributed by atoms with E-state index in [4.69, 9.17) is 0 Å².